The molecule has 5 nitrogen and oxygen atoms in total. The van der Waals surface area contributed by atoms with Gasteiger partial charge in [-0.3, -0.25) is 4.79 Å². The number of thiophene rings is 1. The molecular formula is C15H25ClN2O3S. The Balaban J connectivity index is 0.00000242. The van der Waals surface area contributed by atoms with E-state index in [9.17, 15) is 9.90 Å². The second kappa shape index (κ2) is 9.47. The van der Waals surface area contributed by atoms with E-state index < -0.39 is 6.10 Å². The zero-order chi connectivity index (χ0) is 15.2. The van der Waals surface area contributed by atoms with Gasteiger partial charge in [0.05, 0.1) is 18.6 Å². The Hall–Kier alpha value is -0.660. The van der Waals surface area contributed by atoms with E-state index in [1.165, 1.54) is 0 Å². The first kappa shape index (κ1) is 19.4. The molecule has 0 spiro atoms. The molecule has 1 amide bonds. The molecular weight excluding hydrogens is 324 g/mol. The van der Waals surface area contributed by atoms with Crippen LogP contribution in [0.15, 0.2) is 17.5 Å². The van der Waals surface area contributed by atoms with Crippen LogP contribution >= 0.6 is 23.7 Å². The number of carbonyl (C=O) groups excluding carboxylic acids is 1. The maximum atomic E-state index is 12.4. The molecule has 0 aliphatic carbocycles. The van der Waals surface area contributed by atoms with E-state index >= 15 is 0 Å². The van der Waals surface area contributed by atoms with Crippen LogP contribution in [0.1, 0.15) is 36.7 Å². The molecule has 2 rings (SSSR count). The first-order chi connectivity index (χ1) is 10.2. The van der Waals surface area contributed by atoms with Gasteiger partial charge < -0.3 is 20.5 Å². The zero-order valence-corrected chi connectivity index (χ0v) is 14.4. The first-order valence-corrected chi connectivity index (χ1v) is 8.27. The number of hydrogen-bond acceptors (Lipinski definition) is 5. The number of aliphatic hydroxyl groups is 1. The number of hydrogen-bond donors (Lipinski definition) is 2. The monoisotopic (exact) mass is 348 g/mol. The van der Waals surface area contributed by atoms with Crippen LogP contribution in [0.25, 0.3) is 0 Å². The molecule has 0 aromatic carbocycles. The molecule has 0 bridgehead atoms. The maximum Gasteiger partial charge on any atom is 0.225 e. The average molecular weight is 349 g/mol. The SMILES string of the molecule is COC(CN)CC(=O)N1CCCC1CC(O)c1cccs1.Cl. The molecule has 2 heterocycles. The van der Waals surface area contributed by atoms with Crippen molar-refractivity contribution in [1.29, 1.82) is 0 Å². The van der Waals surface area contributed by atoms with Gasteiger partial charge in [0.25, 0.3) is 0 Å². The van der Waals surface area contributed by atoms with E-state index in [1.807, 2.05) is 22.4 Å². The van der Waals surface area contributed by atoms with Crippen molar-refractivity contribution in [1.82, 2.24) is 4.90 Å². The fourth-order valence-electron chi connectivity index (χ4n) is 2.84. The van der Waals surface area contributed by atoms with Crippen molar-refractivity contribution in [3.63, 3.8) is 0 Å². The van der Waals surface area contributed by atoms with Crippen molar-refractivity contribution in [3.05, 3.63) is 22.4 Å². The van der Waals surface area contributed by atoms with Gasteiger partial charge in [0.1, 0.15) is 0 Å². The van der Waals surface area contributed by atoms with Crippen LogP contribution in [-0.2, 0) is 9.53 Å². The van der Waals surface area contributed by atoms with Gasteiger partial charge in [-0.25, -0.2) is 0 Å². The lowest BCUT2D eigenvalue weighted by Gasteiger charge is -2.27. The van der Waals surface area contributed by atoms with Crippen molar-refractivity contribution in [3.8, 4) is 0 Å². The van der Waals surface area contributed by atoms with Crippen LogP contribution in [0.2, 0.25) is 0 Å². The minimum Gasteiger partial charge on any atom is -0.387 e. The van der Waals surface area contributed by atoms with Gasteiger partial charge in [-0.1, -0.05) is 6.07 Å². The van der Waals surface area contributed by atoms with Crippen LogP contribution in [0.3, 0.4) is 0 Å². The van der Waals surface area contributed by atoms with Gasteiger partial charge in [-0.2, -0.15) is 0 Å². The number of nitrogens with zero attached hydrogens (tertiary/aromatic N) is 1. The normalized spacial score (nSPS) is 20.5. The Morgan fingerprint density at radius 1 is 1.64 bits per heavy atom. The Labute approximate surface area is 141 Å². The van der Waals surface area contributed by atoms with E-state index in [0.29, 0.717) is 19.4 Å². The quantitative estimate of drug-likeness (QED) is 0.789. The second-order valence-corrected chi connectivity index (χ2v) is 6.43. The molecule has 3 N–H and O–H groups in total. The van der Waals surface area contributed by atoms with Crippen LogP contribution in [0.5, 0.6) is 0 Å². The molecule has 3 atom stereocenters. The van der Waals surface area contributed by atoms with Gasteiger partial charge in [0, 0.05) is 31.1 Å². The third kappa shape index (κ3) is 4.93. The summed E-state index contributed by atoms with van der Waals surface area (Å²) in [5.74, 6) is 0.0770. The number of carbonyl (C=O) groups is 1. The van der Waals surface area contributed by atoms with Crippen LogP contribution in [0, 0.1) is 0 Å². The van der Waals surface area contributed by atoms with Crippen molar-refractivity contribution < 1.29 is 14.6 Å². The molecule has 1 aromatic rings. The van der Waals surface area contributed by atoms with Gasteiger partial charge >= 0.3 is 0 Å². The van der Waals surface area contributed by atoms with Crippen molar-refractivity contribution in [2.24, 2.45) is 5.73 Å². The molecule has 0 radical (unpaired) electrons. The fraction of sp³-hybridized carbons (Fsp3) is 0.667. The Morgan fingerprint density at radius 3 is 3.00 bits per heavy atom. The minimum absolute atomic E-state index is 0. The Bertz CT molecular complexity index is 440. The predicted molar refractivity (Wildman–Crippen MR) is 90.3 cm³/mol. The molecule has 1 fully saturated rings. The highest BCUT2D eigenvalue weighted by Crippen LogP contribution is 2.29. The lowest BCUT2D eigenvalue weighted by atomic mass is 10.1. The number of aliphatic hydroxyl groups excluding tert-OH is 1. The molecule has 1 saturated heterocycles. The van der Waals surface area contributed by atoms with Crippen LogP contribution in [-0.4, -0.2) is 48.3 Å². The van der Waals surface area contributed by atoms with E-state index in [1.54, 1.807) is 18.4 Å². The first-order valence-electron chi connectivity index (χ1n) is 7.39. The maximum absolute atomic E-state index is 12.4. The number of likely N-dealkylation sites (tertiary alicyclic amines) is 1. The molecule has 3 unspecified atom stereocenters. The number of nitrogens with two attached hydrogens (primary N) is 1. The molecule has 1 aliphatic rings. The summed E-state index contributed by atoms with van der Waals surface area (Å²) < 4.78 is 5.18. The summed E-state index contributed by atoms with van der Waals surface area (Å²) in [6, 6.07) is 3.99. The third-order valence-electron chi connectivity index (χ3n) is 4.06. The van der Waals surface area contributed by atoms with Crippen LogP contribution < -0.4 is 5.73 Å². The van der Waals surface area contributed by atoms with E-state index in [2.05, 4.69) is 0 Å². The minimum atomic E-state index is -0.490. The fourth-order valence-corrected chi connectivity index (χ4v) is 3.56. The largest absolute Gasteiger partial charge is 0.387 e. The molecule has 0 saturated carbocycles. The van der Waals surface area contributed by atoms with Gasteiger partial charge in [0.15, 0.2) is 0 Å². The molecule has 1 aliphatic heterocycles. The Kier molecular flexibility index (Phi) is 8.35. The highest BCUT2D eigenvalue weighted by molar-refractivity contribution is 7.10. The molecule has 1 aromatic heterocycles. The van der Waals surface area contributed by atoms with Crippen LogP contribution in [0.4, 0.5) is 0 Å². The summed E-state index contributed by atoms with van der Waals surface area (Å²) in [4.78, 5) is 15.2. The number of ether oxygens (including phenoxy) is 1. The zero-order valence-electron chi connectivity index (χ0n) is 12.8. The van der Waals surface area contributed by atoms with Crippen molar-refractivity contribution >= 4 is 29.7 Å². The summed E-state index contributed by atoms with van der Waals surface area (Å²) in [5.41, 5.74) is 5.58. The molecule has 7 heteroatoms. The van der Waals surface area contributed by atoms with E-state index in [4.69, 9.17) is 10.5 Å². The van der Waals surface area contributed by atoms with Gasteiger partial charge in [-0.15, -0.1) is 23.7 Å². The second-order valence-electron chi connectivity index (χ2n) is 5.45. The molecule has 126 valence electrons. The Morgan fingerprint density at radius 2 is 2.41 bits per heavy atom. The summed E-state index contributed by atoms with van der Waals surface area (Å²) in [6.07, 6.45) is 2.16. The average Bonchev–Trinajstić information content (AvgIpc) is 3.15. The van der Waals surface area contributed by atoms with Gasteiger partial charge in [-0.05, 0) is 30.7 Å². The number of methoxy groups -OCH3 is 1. The van der Waals surface area contributed by atoms with Crippen molar-refractivity contribution in [2.75, 3.05) is 20.2 Å². The number of rotatable bonds is 7. The highest BCUT2D eigenvalue weighted by Gasteiger charge is 2.31. The highest BCUT2D eigenvalue weighted by atomic mass is 35.5. The summed E-state index contributed by atoms with van der Waals surface area (Å²) in [7, 11) is 1.58. The number of halogens is 1. The molecule has 22 heavy (non-hydrogen) atoms. The lowest BCUT2D eigenvalue weighted by molar-refractivity contribution is -0.134. The third-order valence-corrected chi connectivity index (χ3v) is 5.04. The van der Waals surface area contributed by atoms with Crippen molar-refractivity contribution in [2.45, 2.75) is 43.9 Å². The summed E-state index contributed by atoms with van der Waals surface area (Å²) in [6.45, 7) is 1.11. The topological polar surface area (TPSA) is 75.8 Å². The van der Waals surface area contributed by atoms with E-state index in [0.717, 1.165) is 24.3 Å². The summed E-state index contributed by atoms with van der Waals surface area (Å²) in [5, 5.41) is 12.2. The standard InChI is InChI=1S/C15H24N2O3S.ClH/c1-20-12(10-16)9-15(19)17-6-2-4-11(17)8-13(18)14-5-3-7-21-14;/h3,5,7,11-13,18H,2,4,6,8-10,16H2,1H3;1H. The predicted octanol–water partition coefficient (Wildman–Crippen LogP) is 1.95. The number of amides is 1. The van der Waals surface area contributed by atoms with E-state index in [-0.39, 0.29) is 30.5 Å². The lowest BCUT2D eigenvalue weighted by Crippen LogP contribution is -2.39. The van der Waals surface area contributed by atoms with Gasteiger partial charge in [0.2, 0.25) is 5.91 Å². The smallest absolute Gasteiger partial charge is 0.225 e. The summed E-state index contributed by atoms with van der Waals surface area (Å²) >= 11 is 1.55.